The van der Waals surface area contributed by atoms with Crippen molar-refractivity contribution in [3.05, 3.63) is 112 Å². The number of aryl methyl sites for hydroxylation is 2. The fourth-order valence-electron chi connectivity index (χ4n) is 5.90. The molecular formula is C37H46. The van der Waals surface area contributed by atoms with Crippen LogP contribution in [-0.2, 0) is 12.8 Å². The van der Waals surface area contributed by atoms with E-state index in [1.807, 2.05) is 20.8 Å². The molecule has 0 aliphatic heterocycles. The molecule has 0 amide bonds. The first-order valence-electron chi connectivity index (χ1n) is 14.6. The monoisotopic (exact) mass is 490 g/mol. The lowest BCUT2D eigenvalue weighted by molar-refractivity contribution is 0.590. The third-order valence-electron chi connectivity index (χ3n) is 7.59. The number of unbranched alkanes of at least 4 members (excludes halogenated alkanes) is 3. The standard InChI is InChI=1S/C35H40.C2H6/c1-4-17-29(5-2)34-31(6-3)35(30-22-15-10-16-23-30)32-25-24-28(26-33(32)34)21-12-8-7-11-18-27-19-13-9-14-20-27;1-2/h9-10,13-16,19-20,22-26,31,35H,5-8,11-12,18,21H2,1-3H3;1-2H3/b34-29+;. The molecule has 1 aliphatic rings. The molecule has 3 aromatic rings. The number of rotatable bonds is 10. The molecule has 194 valence electrons. The van der Waals surface area contributed by atoms with E-state index in [2.05, 4.69) is 105 Å². The van der Waals surface area contributed by atoms with E-state index in [4.69, 9.17) is 0 Å². The van der Waals surface area contributed by atoms with E-state index in [0.717, 1.165) is 12.8 Å². The number of fused-ring (bicyclic) bond motifs is 1. The van der Waals surface area contributed by atoms with Gasteiger partial charge in [-0.3, -0.25) is 0 Å². The summed E-state index contributed by atoms with van der Waals surface area (Å²) in [6.45, 7) is 10.6. The lowest BCUT2D eigenvalue weighted by Gasteiger charge is -2.21. The highest BCUT2D eigenvalue weighted by Gasteiger charge is 2.37. The summed E-state index contributed by atoms with van der Waals surface area (Å²) in [4.78, 5) is 0. The van der Waals surface area contributed by atoms with Crippen LogP contribution in [0, 0.1) is 17.8 Å². The second-order valence-corrected chi connectivity index (χ2v) is 9.85. The Balaban J connectivity index is 0.00000186. The van der Waals surface area contributed by atoms with Crippen LogP contribution < -0.4 is 0 Å². The van der Waals surface area contributed by atoms with Gasteiger partial charge in [0.25, 0.3) is 0 Å². The minimum Gasteiger partial charge on any atom is -0.102 e. The van der Waals surface area contributed by atoms with Gasteiger partial charge in [-0.2, -0.15) is 0 Å². The topological polar surface area (TPSA) is 0 Å². The molecule has 0 aromatic heterocycles. The second kappa shape index (κ2) is 15.3. The average Bonchev–Trinajstić information content (AvgIpc) is 3.29. The van der Waals surface area contributed by atoms with Gasteiger partial charge in [-0.05, 0) is 84.8 Å². The molecule has 3 aromatic carbocycles. The molecular weight excluding hydrogens is 444 g/mol. The molecule has 4 rings (SSSR count). The Kier molecular flexibility index (Phi) is 11.8. The Morgan fingerprint density at radius 1 is 0.730 bits per heavy atom. The van der Waals surface area contributed by atoms with E-state index in [-0.39, 0.29) is 0 Å². The minimum absolute atomic E-state index is 0.429. The van der Waals surface area contributed by atoms with Crippen LogP contribution >= 0.6 is 0 Å². The largest absolute Gasteiger partial charge is 0.102 e. The van der Waals surface area contributed by atoms with E-state index in [0.29, 0.717) is 11.8 Å². The van der Waals surface area contributed by atoms with Crippen molar-refractivity contribution >= 4 is 5.57 Å². The Morgan fingerprint density at radius 3 is 1.95 bits per heavy atom. The molecule has 0 bridgehead atoms. The Labute approximate surface area is 227 Å². The zero-order valence-electron chi connectivity index (χ0n) is 23.8. The maximum atomic E-state index is 3.48. The molecule has 0 N–H and O–H groups in total. The van der Waals surface area contributed by atoms with Crippen molar-refractivity contribution in [2.24, 2.45) is 5.92 Å². The zero-order valence-corrected chi connectivity index (χ0v) is 23.8. The van der Waals surface area contributed by atoms with E-state index < -0.39 is 0 Å². The smallest absolute Gasteiger partial charge is 0.0164 e. The normalized spacial score (nSPS) is 17.2. The summed E-state index contributed by atoms with van der Waals surface area (Å²) in [5.74, 6) is 7.60. The van der Waals surface area contributed by atoms with Gasteiger partial charge < -0.3 is 0 Å². The summed E-state index contributed by atoms with van der Waals surface area (Å²) in [5, 5.41) is 0. The van der Waals surface area contributed by atoms with E-state index in [1.165, 1.54) is 77.5 Å². The first kappa shape index (κ1) is 28.5. The third-order valence-corrected chi connectivity index (χ3v) is 7.59. The van der Waals surface area contributed by atoms with Crippen molar-refractivity contribution in [3.63, 3.8) is 0 Å². The van der Waals surface area contributed by atoms with Crippen LogP contribution in [0.3, 0.4) is 0 Å². The third kappa shape index (κ3) is 7.26. The summed E-state index contributed by atoms with van der Waals surface area (Å²) < 4.78 is 0. The molecule has 0 radical (unpaired) electrons. The highest BCUT2D eigenvalue weighted by Crippen LogP contribution is 2.52. The predicted molar refractivity (Wildman–Crippen MR) is 163 cm³/mol. The molecule has 0 heterocycles. The van der Waals surface area contributed by atoms with E-state index in [9.17, 15) is 0 Å². The highest BCUT2D eigenvalue weighted by atomic mass is 14.4. The lowest BCUT2D eigenvalue weighted by Crippen LogP contribution is -2.09. The molecule has 0 saturated heterocycles. The van der Waals surface area contributed by atoms with Crippen molar-refractivity contribution in [2.45, 2.75) is 91.9 Å². The lowest BCUT2D eigenvalue weighted by atomic mass is 9.81. The number of hydrogen-bond acceptors (Lipinski definition) is 0. The van der Waals surface area contributed by atoms with Crippen molar-refractivity contribution in [2.75, 3.05) is 0 Å². The van der Waals surface area contributed by atoms with Gasteiger partial charge in [-0.25, -0.2) is 0 Å². The van der Waals surface area contributed by atoms with Gasteiger partial charge in [-0.15, -0.1) is 5.92 Å². The fourth-order valence-corrected chi connectivity index (χ4v) is 5.90. The maximum absolute atomic E-state index is 3.48. The number of hydrogen-bond donors (Lipinski definition) is 0. The van der Waals surface area contributed by atoms with Gasteiger partial charge in [0.05, 0.1) is 0 Å². The summed E-state index contributed by atoms with van der Waals surface area (Å²) in [6, 6.07) is 29.3. The number of allylic oxidation sites excluding steroid dienone is 2. The summed E-state index contributed by atoms with van der Waals surface area (Å²) in [5.41, 5.74) is 10.2. The van der Waals surface area contributed by atoms with Crippen molar-refractivity contribution in [3.8, 4) is 11.8 Å². The Bertz CT molecular complexity index is 1170. The fraction of sp³-hybridized carbons (Fsp3) is 0.405. The SMILES string of the molecule is CC.CC#C/C(CC)=C1/c2cc(CCCCCCc3ccccc3)ccc2C(c2ccccc2)C1CC. The van der Waals surface area contributed by atoms with Crippen molar-refractivity contribution in [1.29, 1.82) is 0 Å². The highest BCUT2D eigenvalue weighted by molar-refractivity contribution is 5.82. The maximum Gasteiger partial charge on any atom is 0.0164 e. The quantitative estimate of drug-likeness (QED) is 0.196. The van der Waals surface area contributed by atoms with Crippen LogP contribution in [0.1, 0.15) is 107 Å². The van der Waals surface area contributed by atoms with Crippen molar-refractivity contribution < 1.29 is 0 Å². The zero-order chi connectivity index (χ0) is 26.5. The van der Waals surface area contributed by atoms with Crippen LogP contribution in [0.4, 0.5) is 0 Å². The van der Waals surface area contributed by atoms with Gasteiger partial charge in [0.15, 0.2) is 0 Å². The predicted octanol–water partition coefficient (Wildman–Crippen LogP) is 10.4. The minimum atomic E-state index is 0.429. The van der Waals surface area contributed by atoms with Crippen LogP contribution in [0.25, 0.3) is 5.57 Å². The van der Waals surface area contributed by atoms with Crippen molar-refractivity contribution in [1.82, 2.24) is 0 Å². The molecule has 0 fully saturated rings. The van der Waals surface area contributed by atoms with E-state index in [1.54, 1.807) is 0 Å². The Morgan fingerprint density at radius 2 is 1.35 bits per heavy atom. The van der Waals surface area contributed by atoms with Crippen LogP contribution in [0.5, 0.6) is 0 Å². The van der Waals surface area contributed by atoms with Crippen LogP contribution in [-0.4, -0.2) is 0 Å². The van der Waals surface area contributed by atoms with E-state index >= 15 is 0 Å². The molecule has 0 heteroatoms. The van der Waals surface area contributed by atoms with Crippen LogP contribution in [0.15, 0.2) is 84.4 Å². The Hall–Kier alpha value is -3.04. The number of benzene rings is 3. The van der Waals surface area contributed by atoms with Gasteiger partial charge >= 0.3 is 0 Å². The summed E-state index contributed by atoms with van der Waals surface area (Å²) in [6.07, 6.45) is 9.66. The molecule has 37 heavy (non-hydrogen) atoms. The van der Waals surface area contributed by atoms with Gasteiger partial charge in [0, 0.05) is 11.5 Å². The molecule has 2 unspecified atom stereocenters. The molecule has 0 nitrogen and oxygen atoms in total. The molecule has 0 saturated carbocycles. The van der Waals surface area contributed by atoms with Gasteiger partial charge in [-0.1, -0.05) is 125 Å². The molecule has 0 spiro atoms. The van der Waals surface area contributed by atoms with Crippen LogP contribution in [0.2, 0.25) is 0 Å². The summed E-state index contributed by atoms with van der Waals surface area (Å²) >= 11 is 0. The second-order valence-electron chi connectivity index (χ2n) is 9.85. The molecule has 2 atom stereocenters. The van der Waals surface area contributed by atoms with Gasteiger partial charge in [0.2, 0.25) is 0 Å². The van der Waals surface area contributed by atoms with Gasteiger partial charge in [0.1, 0.15) is 0 Å². The first-order chi connectivity index (χ1) is 18.3. The first-order valence-corrected chi connectivity index (χ1v) is 14.6. The average molecular weight is 491 g/mol. The molecule has 1 aliphatic carbocycles. The summed E-state index contributed by atoms with van der Waals surface area (Å²) in [7, 11) is 0.